The summed E-state index contributed by atoms with van der Waals surface area (Å²) >= 11 is 0. The van der Waals surface area contributed by atoms with Crippen LogP contribution in [0.15, 0.2) is 107 Å². The molecule has 23 heavy (non-hydrogen) atoms. The van der Waals surface area contributed by atoms with Crippen LogP contribution < -0.4 is 4.84 Å². The van der Waals surface area contributed by atoms with Crippen molar-refractivity contribution in [2.24, 2.45) is 15.6 Å². The van der Waals surface area contributed by atoms with E-state index in [0.717, 1.165) is 5.56 Å². The zero-order valence-electron chi connectivity index (χ0n) is 12.6. The van der Waals surface area contributed by atoms with Gasteiger partial charge in [-0.15, -0.1) is 5.10 Å². The van der Waals surface area contributed by atoms with Gasteiger partial charge in [-0.3, -0.25) is 0 Å². The van der Waals surface area contributed by atoms with Crippen LogP contribution >= 0.6 is 0 Å². The summed E-state index contributed by atoms with van der Waals surface area (Å²) in [4.78, 5) is 5.26. The Bertz CT molecular complexity index is 720. The van der Waals surface area contributed by atoms with Crippen molar-refractivity contribution in [2.75, 3.05) is 0 Å². The Kier molecular flexibility index (Phi) is 7.32. The number of allylic oxidation sites excluding steroid dienone is 11. The Morgan fingerprint density at radius 1 is 0.652 bits per heavy atom. The fourth-order valence-electron chi connectivity index (χ4n) is 1.64. The molecule has 1 heterocycles. The second-order valence-electron chi connectivity index (χ2n) is 4.35. The molecule has 1 aliphatic heterocycles. The van der Waals surface area contributed by atoms with Crippen molar-refractivity contribution in [1.29, 1.82) is 0 Å². The van der Waals surface area contributed by atoms with Gasteiger partial charge < -0.3 is 4.84 Å². The summed E-state index contributed by atoms with van der Waals surface area (Å²) in [6.07, 6.45) is 24.6. The molecule has 0 aliphatic carbocycles. The molecule has 2 rings (SSSR count). The monoisotopic (exact) mass is 303 g/mol. The normalized spacial score (nSPS) is 25.9. The zero-order valence-corrected chi connectivity index (χ0v) is 12.6. The van der Waals surface area contributed by atoms with Gasteiger partial charge in [0.05, 0.1) is 11.5 Å². The Balaban J connectivity index is 2.18. The van der Waals surface area contributed by atoms with E-state index < -0.39 is 0 Å². The number of fused-ring (bicyclic) bond motifs is 1. The van der Waals surface area contributed by atoms with E-state index in [-0.39, 0.29) is 0 Å². The van der Waals surface area contributed by atoms with Crippen LogP contribution in [0.5, 0.6) is 5.75 Å². The van der Waals surface area contributed by atoms with Gasteiger partial charge in [-0.1, -0.05) is 85.0 Å². The summed E-state index contributed by atoms with van der Waals surface area (Å²) in [5.41, 5.74) is 0.908. The van der Waals surface area contributed by atoms with Crippen LogP contribution in [0, 0.1) is 0 Å². The summed E-state index contributed by atoms with van der Waals surface area (Å²) in [6.45, 7) is 0. The lowest BCUT2D eigenvalue weighted by Gasteiger charge is -2.00. The Labute approximate surface area is 135 Å². The smallest absolute Gasteiger partial charge is 0.167 e. The Morgan fingerprint density at radius 3 is 2.00 bits per heavy atom. The first kappa shape index (κ1) is 16.1. The molecule has 0 amide bonds. The first-order valence-electron chi connectivity index (χ1n) is 7.16. The van der Waals surface area contributed by atoms with E-state index >= 15 is 0 Å². The largest absolute Gasteiger partial charge is 0.337 e. The van der Waals surface area contributed by atoms with Crippen LogP contribution in [-0.2, 0) is 0 Å². The van der Waals surface area contributed by atoms with Crippen molar-refractivity contribution >= 4 is 12.3 Å². The van der Waals surface area contributed by atoms with Crippen molar-refractivity contribution < 1.29 is 4.84 Å². The average molecular weight is 303 g/mol. The predicted molar refractivity (Wildman–Crippen MR) is 95.2 cm³/mol. The molecule has 1 aromatic rings. The van der Waals surface area contributed by atoms with Crippen molar-refractivity contribution in [1.82, 2.24) is 0 Å². The molecule has 1 aromatic carbocycles. The number of nitrogens with zero attached hydrogens (tertiary/aromatic N) is 3. The summed E-state index contributed by atoms with van der Waals surface area (Å²) in [7, 11) is 0. The van der Waals surface area contributed by atoms with Crippen LogP contribution in [0.2, 0.25) is 0 Å². The maximum atomic E-state index is 5.26. The lowest BCUT2D eigenvalue weighted by molar-refractivity contribution is 0.305. The van der Waals surface area contributed by atoms with E-state index in [4.69, 9.17) is 4.84 Å². The van der Waals surface area contributed by atoms with Crippen LogP contribution in [0.1, 0.15) is 5.56 Å². The Morgan fingerprint density at radius 2 is 1.26 bits per heavy atom. The minimum atomic E-state index is 0.617. The fourth-order valence-corrected chi connectivity index (χ4v) is 1.64. The third-order valence-electron chi connectivity index (χ3n) is 2.69. The van der Waals surface area contributed by atoms with Crippen molar-refractivity contribution in [3.63, 3.8) is 0 Å². The standard InChI is InChI=1S/C19H17N3O/c1-2-4-6-8-10-14-18-15-11-12-16-19(18)23-22-21-20-17-13-9-7-5-3-1/h1-17H/b3-1-,4-2-,7-5-,8-6+,13-9-,14-10-,20-17-,22-21-. The summed E-state index contributed by atoms with van der Waals surface area (Å²) in [5.74, 6) is 0.617. The molecule has 0 radical (unpaired) electrons. The van der Waals surface area contributed by atoms with Crippen molar-refractivity contribution in [3.05, 3.63) is 96.7 Å². The summed E-state index contributed by atoms with van der Waals surface area (Å²) < 4.78 is 0. The lowest BCUT2D eigenvalue weighted by atomic mass is 10.2. The third-order valence-corrected chi connectivity index (χ3v) is 2.69. The van der Waals surface area contributed by atoms with Crippen LogP contribution in [0.3, 0.4) is 0 Å². The van der Waals surface area contributed by atoms with Gasteiger partial charge in [-0.05, 0) is 17.4 Å². The number of para-hydroxylation sites is 1. The molecule has 0 spiro atoms. The average Bonchev–Trinajstić information content (AvgIpc) is 2.58. The Hall–Kier alpha value is -3.27. The van der Waals surface area contributed by atoms with Gasteiger partial charge in [0.2, 0.25) is 0 Å². The molecule has 114 valence electrons. The van der Waals surface area contributed by atoms with Gasteiger partial charge in [0.25, 0.3) is 0 Å². The highest BCUT2D eigenvalue weighted by Gasteiger charge is 1.98. The fraction of sp³-hybridized carbons (Fsp3) is 0. The van der Waals surface area contributed by atoms with Gasteiger partial charge >= 0.3 is 0 Å². The highest BCUT2D eigenvalue weighted by atomic mass is 16.6. The SMILES string of the molecule is C1=C\C=C/C=N\N=N/Oc2ccccc2\C=C/C=C/C=C\C=C/1. The molecular weight excluding hydrogens is 286 g/mol. The molecule has 0 bridgehead atoms. The summed E-state index contributed by atoms with van der Waals surface area (Å²) in [6, 6.07) is 7.57. The highest BCUT2D eigenvalue weighted by Crippen LogP contribution is 2.19. The van der Waals surface area contributed by atoms with E-state index in [1.165, 1.54) is 6.21 Å². The predicted octanol–water partition coefficient (Wildman–Crippen LogP) is 5.23. The van der Waals surface area contributed by atoms with E-state index in [1.807, 2.05) is 91.1 Å². The van der Waals surface area contributed by atoms with Gasteiger partial charge in [0.1, 0.15) is 0 Å². The van der Waals surface area contributed by atoms with Crippen LogP contribution in [0.25, 0.3) is 6.08 Å². The second kappa shape index (κ2) is 10.5. The van der Waals surface area contributed by atoms with E-state index in [2.05, 4.69) is 15.6 Å². The summed E-state index contributed by atoms with van der Waals surface area (Å²) in [5, 5.41) is 10.9. The van der Waals surface area contributed by atoms with Gasteiger partial charge in [-0.2, -0.15) is 0 Å². The number of rotatable bonds is 0. The molecule has 4 heteroatoms. The third kappa shape index (κ3) is 6.82. The van der Waals surface area contributed by atoms with E-state index in [1.54, 1.807) is 6.08 Å². The molecule has 0 atom stereocenters. The first-order chi connectivity index (χ1) is 11.5. The molecule has 1 aliphatic rings. The zero-order chi connectivity index (χ0) is 16.0. The first-order valence-corrected chi connectivity index (χ1v) is 7.16. The lowest BCUT2D eigenvalue weighted by Crippen LogP contribution is -1.84. The van der Waals surface area contributed by atoms with Gasteiger partial charge in [-0.25, -0.2) is 0 Å². The molecule has 0 saturated carbocycles. The van der Waals surface area contributed by atoms with E-state index in [0.29, 0.717) is 5.75 Å². The molecule has 0 fully saturated rings. The molecular formula is C19H17N3O. The number of benzene rings is 1. The molecule has 0 aromatic heterocycles. The number of hydrogen-bond acceptors (Lipinski definition) is 4. The topological polar surface area (TPSA) is 46.3 Å². The van der Waals surface area contributed by atoms with Crippen LogP contribution in [-0.4, -0.2) is 6.21 Å². The molecule has 0 N–H and O–H groups in total. The molecule has 0 unspecified atom stereocenters. The minimum Gasteiger partial charge on any atom is -0.337 e. The van der Waals surface area contributed by atoms with Crippen LogP contribution in [0.4, 0.5) is 0 Å². The maximum Gasteiger partial charge on any atom is 0.167 e. The minimum absolute atomic E-state index is 0.617. The second-order valence-corrected chi connectivity index (χ2v) is 4.35. The van der Waals surface area contributed by atoms with Gasteiger partial charge in [0, 0.05) is 5.56 Å². The van der Waals surface area contributed by atoms with Crippen molar-refractivity contribution in [3.8, 4) is 5.75 Å². The number of hydrogen-bond donors (Lipinski definition) is 0. The highest BCUT2D eigenvalue weighted by molar-refractivity contribution is 5.71. The molecule has 4 nitrogen and oxygen atoms in total. The molecule has 0 saturated heterocycles. The quantitative estimate of drug-likeness (QED) is 0.647. The van der Waals surface area contributed by atoms with Crippen molar-refractivity contribution in [2.45, 2.75) is 0 Å². The van der Waals surface area contributed by atoms with E-state index in [9.17, 15) is 0 Å². The maximum absolute atomic E-state index is 5.26. The van der Waals surface area contributed by atoms with Gasteiger partial charge in [0.15, 0.2) is 5.75 Å².